The minimum atomic E-state index is -0.911. The van der Waals surface area contributed by atoms with Gasteiger partial charge in [0.15, 0.2) is 0 Å². The standard InChI is InChI=1S/C14H23NO3/c1-8(12(17)18)15(9-6-7-9)11(16)10-13(2,3)14(10,4)5/h8-10H,6-7H2,1-5H3,(H,17,18). The number of hydrogen-bond acceptors (Lipinski definition) is 2. The SMILES string of the molecule is CC(C(=O)O)N(C(=O)C1C(C)(C)C1(C)C)C1CC1. The smallest absolute Gasteiger partial charge is 0.326 e. The average molecular weight is 253 g/mol. The number of carboxylic acids is 1. The summed E-state index contributed by atoms with van der Waals surface area (Å²) in [6.07, 6.45) is 1.88. The molecule has 2 aliphatic carbocycles. The monoisotopic (exact) mass is 253 g/mol. The van der Waals surface area contributed by atoms with Gasteiger partial charge in [-0.25, -0.2) is 4.79 Å². The fourth-order valence-electron chi connectivity index (χ4n) is 3.12. The first-order valence-corrected chi connectivity index (χ1v) is 6.67. The van der Waals surface area contributed by atoms with Crippen LogP contribution in [0.1, 0.15) is 47.5 Å². The number of aliphatic carboxylic acids is 1. The summed E-state index contributed by atoms with van der Waals surface area (Å²) in [6.45, 7) is 9.97. The van der Waals surface area contributed by atoms with Crippen molar-refractivity contribution < 1.29 is 14.7 Å². The van der Waals surface area contributed by atoms with Crippen LogP contribution in [0.3, 0.4) is 0 Å². The van der Waals surface area contributed by atoms with Gasteiger partial charge >= 0.3 is 5.97 Å². The molecule has 4 nitrogen and oxygen atoms in total. The quantitative estimate of drug-likeness (QED) is 0.835. The van der Waals surface area contributed by atoms with Crippen molar-refractivity contribution in [3.8, 4) is 0 Å². The molecular weight excluding hydrogens is 230 g/mol. The van der Waals surface area contributed by atoms with E-state index in [-0.39, 0.29) is 28.7 Å². The van der Waals surface area contributed by atoms with E-state index in [4.69, 9.17) is 5.11 Å². The molecule has 0 heterocycles. The summed E-state index contributed by atoms with van der Waals surface area (Å²) in [7, 11) is 0. The van der Waals surface area contributed by atoms with Gasteiger partial charge in [-0.05, 0) is 30.6 Å². The van der Waals surface area contributed by atoms with Crippen LogP contribution in [0.4, 0.5) is 0 Å². The van der Waals surface area contributed by atoms with Gasteiger partial charge in [0.2, 0.25) is 5.91 Å². The summed E-state index contributed by atoms with van der Waals surface area (Å²) in [5, 5.41) is 9.15. The molecule has 2 saturated carbocycles. The maximum Gasteiger partial charge on any atom is 0.326 e. The lowest BCUT2D eigenvalue weighted by atomic mass is 10.0. The van der Waals surface area contributed by atoms with E-state index in [1.165, 1.54) is 0 Å². The molecule has 18 heavy (non-hydrogen) atoms. The lowest BCUT2D eigenvalue weighted by Gasteiger charge is -2.27. The highest BCUT2D eigenvalue weighted by molar-refractivity contribution is 5.89. The van der Waals surface area contributed by atoms with Gasteiger partial charge in [0.1, 0.15) is 6.04 Å². The molecule has 0 aromatic carbocycles. The highest BCUT2D eigenvalue weighted by Crippen LogP contribution is 2.69. The molecule has 2 aliphatic rings. The molecular formula is C14H23NO3. The molecule has 0 aromatic heterocycles. The second-order valence-corrected chi connectivity index (χ2v) is 6.87. The Hall–Kier alpha value is -1.06. The number of hydrogen-bond donors (Lipinski definition) is 1. The van der Waals surface area contributed by atoms with Gasteiger partial charge in [-0.2, -0.15) is 0 Å². The second-order valence-electron chi connectivity index (χ2n) is 6.87. The zero-order valence-corrected chi connectivity index (χ0v) is 11.9. The van der Waals surface area contributed by atoms with Gasteiger partial charge < -0.3 is 10.0 Å². The van der Waals surface area contributed by atoms with Crippen LogP contribution in [0.5, 0.6) is 0 Å². The summed E-state index contributed by atoms with van der Waals surface area (Å²) in [5.41, 5.74) is -0.0646. The highest BCUT2D eigenvalue weighted by Gasteiger charge is 2.69. The molecule has 1 unspecified atom stereocenters. The normalized spacial score (nSPS) is 26.5. The van der Waals surface area contributed by atoms with Crippen molar-refractivity contribution in [2.75, 3.05) is 0 Å². The largest absolute Gasteiger partial charge is 0.480 e. The van der Waals surface area contributed by atoms with E-state index in [9.17, 15) is 9.59 Å². The first-order valence-electron chi connectivity index (χ1n) is 6.67. The minimum Gasteiger partial charge on any atom is -0.480 e. The van der Waals surface area contributed by atoms with Crippen LogP contribution in [0.25, 0.3) is 0 Å². The van der Waals surface area contributed by atoms with E-state index in [1.54, 1.807) is 11.8 Å². The summed E-state index contributed by atoms with van der Waals surface area (Å²) < 4.78 is 0. The van der Waals surface area contributed by atoms with E-state index in [0.717, 1.165) is 12.8 Å². The first-order chi connectivity index (χ1) is 8.12. The topological polar surface area (TPSA) is 57.6 Å². The lowest BCUT2D eigenvalue weighted by molar-refractivity contribution is -0.151. The molecule has 2 fully saturated rings. The summed E-state index contributed by atoms with van der Waals surface area (Å²) in [4.78, 5) is 25.4. The number of carboxylic acid groups (broad SMARTS) is 1. The number of nitrogens with zero attached hydrogens (tertiary/aromatic N) is 1. The zero-order valence-electron chi connectivity index (χ0n) is 11.9. The number of rotatable bonds is 4. The number of amides is 1. The molecule has 0 radical (unpaired) electrons. The molecule has 0 bridgehead atoms. The third-order valence-corrected chi connectivity index (χ3v) is 5.24. The van der Waals surface area contributed by atoms with Gasteiger partial charge in [-0.15, -0.1) is 0 Å². The van der Waals surface area contributed by atoms with E-state index in [0.29, 0.717) is 0 Å². The molecule has 0 saturated heterocycles. The Morgan fingerprint density at radius 2 is 1.61 bits per heavy atom. The molecule has 1 N–H and O–H groups in total. The predicted molar refractivity (Wildman–Crippen MR) is 68.0 cm³/mol. The Balaban J connectivity index is 2.19. The predicted octanol–water partition coefficient (Wildman–Crippen LogP) is 2.13. The number of carbonyl (C=O) groups is 2. The Labute approximate surface area is 108 Å². The highest BCUT2D eigenvalue weighted by atomic mass is 16.4. The summed E-state index contributed by atoms with van der Waals surface area (Å²) in [5.74, 6) is -0.929. The van der Waals surface area contributed by atoms with Crippen LogP contribution in [-0.2, 0) is 9.59 Å². The second kappa shape index (κ2) is 3.72. The maximum atomic E-state index is 12.6. The molecule has 1 atom stereocenters. The van der Waals surface area contributed by atoms with Crippen LogP contribution < -0.4 is 0 Å². The third-order valence-electron chi connectivity index (χ3n) is 5.24. The Morgan fingerprint density at radius 3 is 1.89 bits per heavy atom. The van der Waals surface area contributed by atoms with Crippen LogP contribution in [-0.4, -0.2) is 34.0 Å². The molecule has 0 aromatic rings. The van der Waals surface area contributed by atoms with Crippen LogP contribution >= 0.6 is 0 Å². The van der Waals surface area contributed by atoms with Crippen molar-refractivity contribution >= 4 is 11.9 Å². The van der Waals surface area contributed by atoms with Gasteiger partial charge in [-0.1, -0.05) is 27.7 Å². The van der Waals surface area contributed by atoms with E-state index >= 15 is 0 Å². The van der Waals surface area contributed by atoms with Gasteiger partial charge in [0.25, 0.3) is 0 Å². The lowest BCUT2D eigenvalue weighted by Crippen LogP contribution is -2.46. The molecule has 4 heteroatoms. The Morgan fingerprint density at radius 1 is 1.17 bits per heavy atom. The fourth-order valence-corrected chi connectivity index (χ4v) is 3.12. The van der Waals surface area contributed by atoms with Crippen molar-refractivity contribution in [2.24, 2.45) is 16.7 Å². The van der Waals surface area contributed by atoms with Crippen LogP contribution in [0.2, 0.25) is 0 Å². The summed E-state index contributed by atoms with van der Waals surface area (Å²) >= 11 is 0. The van der Waals surface area contributed by atoms with Crippen molar-refractivity contribution in [3.05, 3.63) is 0 Å². The minimum absolute atomic E-state index is 0.0300. The molecule has 0 aliphatic heterocycles. The van der Waals surface area contributed by atoms with E-state index in [1.807, 2.05) is 0 Å². The van der Waals surface area contributed by atoms with E-state index < -0.39 is 12.0 Å². The van der Waals surface area contributed by atoms with Gasteiger partial charge in [0.05, 0.1) is 0 Å². The van der Waals surface area contributed by atoms with Gasteiger partial charge in [-0.3, -0.25) is 4.79 Å². The molecule has 0 spiro atoms. The maximum absolute atomic E-state index is 12.6. The summed E-state index contributed by atoms with van der Waals surface area (Å²) in [6, 6.07) is -0.562. The van der Waals surface area contributed by atoms with Crippen molar-refractivity contribution in [1.29, 1.82) is 0 Å². The molecule has 2 rings (SSSR count). The van der Waals surface area contributed by atoms with Crippen molar-refractivity contribution in [2.45, 2.75) is 59.5 Å². The van der Waals surface area contributed by atoms with Crippen molar-refractivity contribution in [1.82, 2.24) is 4.90 Å². The van der Waals surface area contributed by atoms with Crippen LogP contribution in [0.15, 0.2) is 0 Å². The molecule has 102 valence electrons. The third kappa shape index (κ3) is 1.73. The van der Waals surface area contributed by atoms with E-state index in [2.05, 4.69) is 27.7 Å². The molecule has 1 amide bonds. The first kappa shape index (κ1) is 13.4. The van der Waals surface area contributed by atoms with Crippen LogP contribution in [0, 0.1) is 16.7 Å². The Kier molecular flexibility index (Phi) is 2.76. The average Bonchev–Trinajstić information content (AvgIpc) is 3.06. The van der Waals surface area contributed by atoms with Crippen molar-refractivity contribution in [3.63, 3.8) is 0 Å². The fraction of sp³-hybridized carbons (Fsp3) is 0.857. The zero-order chi connectivity index (χ0) is 13.9. The Bertz CT molecular complexity index is 382. The van der Waals surface area contributed by atoms with Gasteiger partial charge in [0, 0.05) is 12.0 Å². The number of carbonyl (C=O) groups excluding carboxylic acids is 1.